The number of nitrogens with zero attached hydrogens (tertiary/aromatic N) is 1. The summed E-state index contributed by atoms with van der Waals surface area (Å²) in [4.78, 5) is 40.2. The van der Waals surface area contributed by atoms with Crippen molar-refractivity contribution in [2.75, 3.05) is 14.1 Å². The van der Waals surface area contributed by atoms with Crippen LogP contribution in [0, 0.1) is 11.8 Å². The lowest BCUT2D eigenvalue weighted by atomic mass is 9.55. The van der Waals surface area contributed by atoms with Crippen molar-refractivity contribution in [1.29, 1.82) is 0 Å². The van der Waals surface area contributed by atoms with Crippen molar-refractivity contribution in [2.45, 2.75) is 37.1 Å². The number of aliphatic hydroxyl groups excluding tert-OH is 3. The lowest BCUT2D eigenvalue weighted by Crippen LogP contribution is -2.68. The summed E-state index contributed by atoms with van der Waals surface area (Å²) < 4.78 is 0. The van der Waals surface area contributed by atoms with E-state index in [-0.39, 0.29) is 17.9 Å². The summed E-state index contributed by atoms with van der Waals surface area (Å²) in [5, 5.41) is 55.6. The van der Waals surface area contributed by atoms with Crippen LogP contribution in [0.15, 0.2) is 34.8 Å². The predicted molar refractivity (Wildman–Crippen MR) is 118 cm³/mol. The van der Waals surface area contributed by atoms with Gasteiger partial charge < -0.3 is 37.0 Å². The third kappa shape index (κ3) is 2.75. The molecule has 1 amide bonds. The summed E-state index contributed by atoms with van der Waals surface area (Å²) in [6, 6.07) is 1.53. The molecule has 11 heteroatoms. The third-order valence-electron chi connectivity index (χ3n) is 7.42. The van der Waals surface area contributed by atoms with Crippen LogP contribution in [0.4, 0.5) is 0 Å². The number of aromatic hydroxyl groups is 1. The normalized spacial score (nSPS) is 33.1. The molecule has 0 unspecified atom stereocenters. The molecule has 182 valence electrons. The molecule has 3 aliphatic carbocycles. The van der Waals surface area contributed by atoms with E-state index in [0.29, 0.717) is 11.1 Å². The number of ketones is 2. The molecule has 0 heterocycles. The van der Waals surface area contributed by atoms with Crippen molar-refractivity contribution in [2.24, 2.45) is 23.3 Å². The molecule has 1 aromatic carbocycles. The second-order valence-electron chi connectivity index (χ2n) is 9.29. The second kappa shape index (κ2) is 7.64. The maximum atomic E-state index is 13.5. The Bertz CT molecular complexity index is 1200. The number of hydrogen-bond donors (Lipinski definition) is 7. The van der Waals surface area contributed by atoms with Gasteiger partial charge in [0.1, 0.15) is 22.8 Å². The molecule has 4 rings (SSSR count). The number of fused-ring (bicyclic) bond motifs is 3. The number of carbonyl (C=O) groups is 3. The zero-order chi connectivity index (χ0) is 25.4. The second-order valence-corrected chi connectivity index (χ2v) is 9.29. The van der Waals surface area contributed by atoms with Gasteiger partial charge in [-0.15, -0.1) is 0 Å². The van der Waals surface area contributed by atoms with E-state index >= 15 is 0 Å². The minimum atomic E-state index is -2.93. The lowest BCUT2D eigenvalue weighted by Gasteiger charge is -2.53. The van der Waals surface area contributed by atoms with Crippen molar-refractivity contribution < 1.29 is 39.9 Å². The van der Waals surface area contributed by atoms with Crippen LogP contribution in [-0.2, 0) is 16.1 Å². The predicted octanol–water partition coefficient (Wildman–Crippen LogP) is -0.889. The fraction of sp³-hybridized carbons (Fsp3) is 0.435. The Hall–Kier alpha value is -3.25. The van der Waals surface area contributed by atoms with Gasteiger partial charge in [-0.2, -0.15) is 0 Å². The summed E-state index contributed by atoms with van der Waals surface area (Å²) in [6.45, 7) is 1.70. The first kappa shape index (κ1) is 23.9. The molecule has 11 nitrogen and oxygen atoms in total. The Kier molecular flexibility index (Phi) is 5.37. The SMILES string of the molecule is C[C@H]1c2c(CN)ccc(O)c2C(=O)C2=C(O)[C@]3(O)C(=O)C(C(N)=O)=C(O)[C@@H](N(C)C)[C@@H]3[C@@H](O)[C@@H]21. The monoisotopic (exact) mass is 473 g/mol. The standard InChI is InChI=1S/C23H27N3O8/c1-7-10-8(6-24)4-5-9(27)12(10)17(28)13-11(7)18(29)15-16(26(2)3)19(30)14(22(25)33)21(32)23(15,34)20(13)31/h4-5,7,11,15-16,18,27,29-31,34H,6,24H2,1-3H3,(H2,25,33)/t7-,11+,15+,16-,18-,23-/m0/s1. The van der Waals surface area contributed by atoms with Crippen LogP contribution in [0.2, 0.25) is 0 Å². The van der Waals surface area contributed by atoms with Crippen molar-refractivity contribution in [3.63, 3.8) is 0 Å². The van der Waals surface area contributed by atoms with Crippen LogP contribution in [-0.4, -0.2) is 79.7 Å². The van der Waals surface area contributed by atoms with Crippen molar-refractivity contribution in [3.05, 3.63) is 51.5 Å². The van der Waals surface area contributed by atoms with Crippen LogP contribution in [0.3, 0.4) is 0 Å². The molecule has 0 bridgehead atoms. The summed E-state index contributed by atoms with van der Waals surface area (Å²) in [5.41, 5.74) is 7.60. The van der Waals surface area contributed by atoms with E-state index < -0.39 is 75.6 Å². The highest BCUT2D eigenvalue weighted by molar-refractivity contribution is 6.25. The van der Waals surface area contributed by atoms with Gasteiger partial charge in [0.25, 0.3) is 5.91 Å². The zero-order valence-electron chi connectivity index (χ0n) is 18.8. The number of Topliss-reactive ketones (excluding diaryl/α,β-unsaturated/α-hetero) is 2. The molecule has 0 saturated heterocycles. The fourth-order valence-electron chi connectivity index (χ4n) is 5.97. The van der Waals surface area contributed by atoms with Gasteiger partial charge in [0.15, 0.2) is 11.4 Å². The number of phenols is 1. The van der Waals surface area contributed by atoms with E-state index in [1.807, 2.05) is 0 Å². The smallest absolute Gasteiger partial charge is 0.255 e. The molecule has 0 radical (unpaired) electrons. The van der Waals surface area contributed by atoms with E-state index in [9.17, 15) is 39.9 Å². The van der Waals surface area contributed by atoms with Crippen LogP contribution in [0.25, 0.3) is 0 Å². The Labute approximate surface area is 194 Å². The highest BCUT2D eigenvalue weighted by Crippen LogP contribution is 2.55. The van der Waals surface area contributed by atoms with Crippen molar-refractivity contribution in [1.82, 2.24) is 4.90 Å². The Morgan fingerprint density at radius 2 is 1.79 bits per heavy atom. The molecule has 6 atom stereocenters. The summed E-state index contributed by atoms with van der Waals surface area (Å²) >= 11 is 0. The molecular formula is C23H27N3O8. The number of likely N-dealkylation sites (N-methyl/N-ethyl adjacent to an activating group) is 1. The largest absolute Gasteiger partial charge is 0.510 e. The van der Waals surface area contributed by atoms with E-state index in [1.165, 1.54) is 25.1 Å². The van der Waals surface area contributed by atoms with E-state index in [1.54, 1.807) is 13.0 Å². The topological polar surface area (TPSA) is 208 Å². The highest BCUT2D eigenvalue weighted by atomic mass is 16.4. The molecule has 1 aromatic rings. The highest BCUT2D eigenvalue weighted by Gasteiger charge is 2.67. The van der Waals surface area contributed by atoms with Crippen LogP contribution in [0.5, 0.6) is 5.75 Å². The lowest BCUT2D eigenvalue weighted by molar-refractivity contribution is -0.162. The van der Waals surface area contributed by atoms with Gasteiger partial charge in [0, 0.05) is 18.0 Å². The number of rotatable bonds is 3. The van der Waals surface area contributed by atoms with Crippen molar-refractivity contribution in [3.8, 4) is 5.75 Å². The van der Waals surface area contributed by atoms with E-state index in [2.05, 4.69) is 0 Å². The Morgan fingerprint density at radius 3 is 2.32 bits per heavy atom. The molecule has 34 heavy (non-hydrogen) atoms. The summed E-state index contributed by atoms with van der Waals surface area (Å²) in [6.07, 6.45) is -1.64. The van der Waals surface area contributed by atoms with E-state index in [4.69, 9.17) is 11.5 Å². The number of hydrogen-bond acceptors (Lipinski definition) is 10. The molecular weight excluding hydrogens is 446 g/mol. The summed E-state index contributed by atoms with van der Waals surface area (Å²) in [7, 11) is 2.96. The van der Waals surface area contributed by atoms with Crippen molar-refractivity contribution >= 4 is 17.5 Å². The Morgan fingerprint density at radius 1 is 1.18 bits per heavy atom. The number of carbonyl (C=O) groups excluding carboxylic acids is 3. The molecule has 9 N–H and O–H groups in total. The van der Waals surface area contributed by atoms with Crippen LogP contribution in [0.1, 0.15) is 34.3 Å². The number of nitrogens with two attached hydrogens (primary N) is 2. The van der Waals surface area contributed by atoms with Gasteiger partial charge in [-0.05, 0) is 37.2 Å². The molecule has 0 aliphatic heterocycles. The minimum Gasteiger partial charge on any atom is -0.510 e. The molecule has 0 fully saturated rings. The van der Waals surface area contributed by atoms with Crippen LogP contribution < -0.4 is 11.5 Å². The minimum absolute atomic E-state index is 0.0335. The maximum Gasteiger partial charge on any atom is 0.255 e. The van der Waals surface area contributed by atoms with Gasteiger partial charge in [-0.25, -0.2) is 0 Å². The van der Waals surface area contributed by atoms with Gasteiger partial charge in [0.05, 0.1) is 23.6 Å². The zero-order valence-corrected chi connectivity index (χ0v) is 18.8. The maximum absolute atomic E-state index is 13.5. The third-order valence-corrected chi connectivity index (χ3v) is 7.42. The van der Waals surface area contributed by atoms with Crippen LogP contribution >= 0.6 is 0 Å². The average Bonchev–Trinajstić information content (AvgIpc) is 2.75. The fourth-order valence-corrected chi connectivity index (χ4v) is 5.97. The number of phenolic OH excluding ortho intramolecular Hbond substituents is 1. The molecule has 0 aromatic heterocycles. The first-order chi connectivity index (χ1) is 15.8. The number of aliphatic hydroxyl groups is 4. The first-order valence-electron chi connectivity index (χ1n) is 10.7. The molecule has 3 aliphatic rings. The summed E-state index contributed by atoms with van der Waals surface area (Å²) in [5.74, 6) is -9.18. The quantitative estimate of drug-likeness (QED) is 0.269. The van der Waals surface area contributed by atoms with E-state index in [0.717, 1.165) is 0 Å². The van der Waals surface area contributed by atoms with Gasteiger partial charge in [0.2, 0.25) is 5.78 Å². The molecule has 0 saturated carbocycles. The van der Waals surface area contributed by atoms with Gasteiger partial charge in [-0.3, -0.25) is 19.3 Å². The number of amides is 1. The number of primary amides is 1. The number of benzene rings is 1. The van der Waals surface area contributed by atoms with Gasteiger partial charge >= 0.3 is 0 Å². The molecule has 0 spiro atoms. The Balaban J connectivity index is 2.07. The first-order valence-corrected chi connectivity index (χ1v) is 10.7. The average molecular weight is 473 g/mol. The van der Waals surface area contributed by atoms with Gasteiger partial charge in [-0.1, -0.05) is 13.0 Å².